The maximum absolute atomic E-state index is 13.1. The van der Waals surface area contributed by atoms with E-state index >= 15 is 0 Å². The first-order valence-corrected chi connectivity index (χ1v) is 9.78. The lowest BCUT2D eigenvalue weighted by Gasteiger charge is -2.15. The van der Waals surface area contributed by atoms with E-state index in [0.717, 1.165) is 24.9 Å². The van der Waals surface area contributed by atoms with Crippen molar-refractivity contribution in [3.63, 3.8) is 0 Å². The zero-order valence-electron chi connectivity index (χ0n) is 14.7. The van der Waals surface area contributed by atoms with Gasteiger partial charge in [0.05, 0.1) is 5.69 Å². The van der Waals surface area contributed by atoms with Crippen molar-refractivity contribution in [2.75, 3.05) is 19.6 Å². The zero-order valence-corrected chi connectivity index (χ0v) is 15.5. The van der Waals surface area contributed by atoms with E-state index in [0.29, 0.717) is 35.9 Å². The summed E-state index contributed by atoms with van der Waals surface area (Å²) >= 11 is 1.38. The van der Waals surface area contributed by atoms with Crippen molar-refractivity contribution in [3.05, 3.63) is 47.4 Å². The van der Waals surface area contributed by atoms with E-state index in [2.05, 4.69) is 10.3 Å². The van der Waals surface area contributed by atoms with Gasteiger partial charge in [0.2, 0.25) is 5.91 Å². The quantitative estimate of drug-likeness (QED) is 0.663. The van der Waals surface area contributed by atoms with Gasteiger partial charge in [-0.3, -0.25) is 14.0 Å². The lowest BCUT2D eigenvalue weighted by Crippen LogP contribution is -2.31. The van der Waals surface area contributed by atoms with Gasteiger partial charge in [-0.1, -0.05) is 0 Å². The second kappa shape index (κ2) is 7.48. The number of rotatable bonds is 6. The Hall–Kier alpha value is -2.74. The van der Waals surface area contributed by atoms with Crippen LogP contribution in [0.3, 0.4) is 0 Å². The molecule has 2 amide bonds. The fourth-order valence-corrected chi connectivity index (χ4v) is 4.06. The van der Waals surface area contributed by atoms with Gasteiger partial charge in [0.25, 0.3) is 5.91 Å². The molecule has 8 heteroatoms. The lowest BCUT2D eigenvalue weighted by atomic mass is 10.2. The molecule has 1 aromatic carbocycles. The van der Waals surface area contributed by atoms with Crippen molar-refractivity contribution in [3.8, 4) is 11.3 Å². The van der Waals surface area contributed by atoms with Crippen LogP contribution in [-0.2, 0) is 4.79 Å². The monoisotopic (exact) mass is 386 g/mol. The van der Waals surface area contributed by atoms with E-state index in [-0.39, 0.29) is 17.6 Å². The summed E-state index contributed by atoms with van der Waals surface area (Å²) < 4.78 is 14.8. The van der Waals surface area contributed by atoms with Crippen LogP contribution >= 0.6 is 11.3 Å². The van der Waals surface area contributed by atoms with Crippen molar-refractivity contribution in [2.45, 2.75) is 19.3 Å². The standard InChI is InChI=1S/C19H19FN4O2S/c20-14-6-4-13(5-7-14)15-11-24-16(12-27-19(24)22-15)18(26)21-8-2-10-23-9-1-3-17(23)25/h4-7,11-12H,1-3,8-10H2,(H,21,26). The number of thiazole rings is 1. The maximum Gasteiger partial charge on any atom is 0.269 e. The molecular weight excluding hydrogens is 367 g/mol. The number of fused-ring (bicyclic) bond motifs is 1. The van der Waals surface area contributed by atoms with Crippen LogP contribution in [0.2, 0.25) is 0 Å². The Morgan fingerprint density at radius 2 is 2.11 bits per heavy atom. The first kappa shape index (κ1) is 17.7. The van der Waals surface area contributed by atoms with Crippen LogP contribution in [0, 0.1) is 5.82 Å². The lowest BCUT2D eigenvalue weighted by molar-refractivity contribution is -0.127. The minimum absolute atomic E-state index is 0.169. The van der Waals surface area contributed by atoms with Crippen LogP contribution in [0.25, 0.3) is 16.2 Å². The predicted molar refractivity (Wildman–Crippen MR) is 101 cm³/mol. The minimum Gasteiger partial charge on any atom is -0.351 e. The molecule has 140 valence electrons. The number of aromatic nitrogens is 2. The molecule has 27 heavy (non-hydrogen) atoms. The van der Waals surface area contributed by atoms with E-state index in [1.807, 2.05) is 4.90 Å². The number of hydrogen-bond acceptors (Lipinski definition) is 4. The molecule has 1 N–H and O–H groups in total. The number of nitrogens with zero attached hydrogens (tertiary/aromatic N) is 3. The molecule has 1 aliphatic heterocycles. The highest BCUT2D eigenvalue weighted by Gasteiger charge is 2.19. The number of likely N-dealkylation sites (tertiary alicyclic amines) is 1. The van der Waals surface area contributed by atoms with Crippen molar-refractivity contribution in [2.24, 2.45) is 0 Å². The molecule has 0 aliphatic carbocycles. The van der Waals surface area contributed by atoms with Crippen molar-refractivity contribution in [1.82, 2.24) is 19.6 Å². The summed E-state index contributed by atoms with van der Waals surface area (Å²) in [6.45, 7) is 2.01. The van der Waals surface area contributed by atoms with Gasteiger partial charge in [-0.05, 0) is 37.1 Å². The topological polar surface area (TPSA) is 66.7 Å². The van der Waals surface area contributed by atoms with Gasteiger partial charge in [0.15, 0.2) is 4.96 Å². The highest BCUT2D eigenvalue weighted by molar-refractivity contribution is 7.15. The molecule has 0 bridgehead atoms. The molecule has 4 rings (SSSR count). The third-order valence-electron chi connectivity index (χ3n) is 4.64. The third kappa shape index (κ3) is 3.71. The molecule has 0 unspecified atom stereocenters. The third-order valence-corrected chi connectivity index (χ3v) is 5.48. The number of amides is 2. The Morgan fingerprint density at radius 3 is 2.85 bits per heavy atom. The first-order chi connectivity index (χ1) is 13.1. The summed E-state index contributed by atoms with van der Waals surface area (Å²) in [5, 5.41) is 4.68. The van der Waals surface area contributed by atoms with Crippen molar-refractivity contribution >= 4 is 28.1 Å². The summed E-state index contributed by atoms with van der Waals surface area (Å²) in [4.78, 5) is 31.1. The highest BCUT2D eigenvalue weighted by atomic mass is 32.1. The molecule has 6 nitrogen and oxygen atoms in total. The van der Waals surface area contributed by atoms with E-state index < -0.39 is 0 Å². The van der Waals surface area contributed by atoms with E-state index in [1.165, 1.54) is 23.5 Å². The van der Waals surface area contributed by atoms with Crippen LogP contribution in [0.15, 0.2) is 35.8 Å². The molecule has 1 fully saturated rings. The average molecular weight is 386 g/mol. The Balaban J connectivity index is 1.40. The van der Waals surface area contributed by atoms with Gasteiger partial charge in [-0.2, -0.15) is 0 Å². The molecular formula is C19H19FN4O2S. The molecule has 3 aromatic rings. The predicted octanol–water partition coefficient (Wildman–Crippen LogP) is 2.94. The fraction of sp³-hybridized carbons (Fsp3) is 0.316. The van der Waals surface area contributed by atoms with Crippen molar-refractivity contribution < 1.29 is 14.0 Å². The molecule has 1 aliphatic rings. The Bertz CT molecular complexity index is 979. The summed E-state index contributed by atoms with van der Waals surface area (Å²) in [6.07, 6.45) is 4.08. The minimum atomic E-state index is -0.296. The molecule has 0 radical (unpaired) electrons. The van der Waals surface area contributed by atoms with Crippen LogP contribution in [0.4, 0.5) is 4.39 Å². The molecule has 0 atom stereocenters. The van der Waals surface area contributed by atoms with Crippen molar-refractivity contribution in [1.29, 1.82) is 0 Å². The van der Waals surface area contributed by atoms with Crippen LogP contribution in [0.5, 0.6) is 0 Å². The smallest absolute Gasteiger partial charge is 0.269 e. The maximum atomic E-state index is 13.1. The van der Waals surface area contributed by atoms with E-state index in [4.69, 9.17) is 0 Å². The van der Waals surface area contributed by atoms with Gasteiger partial charge in [0, 0.05) is 43.2 Å². The fourth-order valence-electron chi connectivity index (χ4n) is 3.21. The molecule has 0 spiro atoms. The van der Waals surface area contributed by atoms with Crippen LogP contribution in [-0.4, -0.2) is 45.7 Å². The molecule has 1 saturated heterocycles. The molecule has 0 saturated carbocycles. The Morgan fingerprint density at radius 1 is 1.30 bits per heavy atom. The van der Waals surface area contributed by atoms with Gasteiger partial charge >= 0.3 is 0 Å². The SMILES string of the molecule is O=C(NCCCN1CCCC1=O)c1csc2nc(-c3ccc(F)cc3)cn12. The van der Waals surface area contributed by atoms with Gasteiger partial charge in [-0.15, -0.1) is 11.3 Å². The largest absolute Gasteiger partial charge is 0.351 e. The number of imidazole rings is 1. The van der Waals surface area contributed by atoms with E-state index in [9.17, 15) is 14.0 Å². The summed E-state index contributed by atoms with van der Waals surface area (Å²) in [5.41, 5.74) is 2.02. The number of nitrogens with one attached hydrogen (secondary N) is 1. The molecule has 2 aromatic heterocycles. The van der Waals surface area contributed by atoms with Gasteiger partial charge in [0.1, 0.15) is 11.5 Å². The van der Waals surface area contributed by atoms with E-state index in [1.54, 1.807) is 28.1 Å². The highest BCUT2D eigenvalue weighted by Crippen LogP contribution is 2.24. The summed E-state index contributed by atoms with van der Waals surface area (Å²) in [7, 11) is 0. The van der Waals surface area contributed by atoms with Crippen LogP contribution < -0.4 is 5.32 Å². The second-order valence-electron chi connectivity index (χ2n) is 6.50. The van der Waals surface area contributed by atoms with Gasteiger partial charge in [-0.25, -0.2) is 9.37 Å². The number of carbonyl (C=O) groups is 2. The second-order valence-corrected chi connectivity index (χ2v) is 7.34. The summed E-state index contributed by atoms with van der Waals surface area (Å²) in [6, 6.07) is 6.12. The average Bonchev–Trinajstić information content (AvgIpc) is 3.35. The van der Waals surface area contributed by atoms with Gasteiger partial charge < -0.3 is 10.2 Å². The number of benzene rings is 1. The number of halogens is 1. The van der Waals surface area contributed by atoms with Crippen LogP contribution in [0.1, 0.15) is 29.8 Å². The zero-order chi connectivity index (χ0) is 18.8. The first-order valence-electron chi connectivity index (χ1n) is 8.90. The molecule has 3 heterocycles. The normalized spacial score (nSPS) is 14.3. The Labute approximate surface area is 159 Å². The number of hydrogen-bond donors (Lipinski definition) is 1. The Kier molecular flexibility index (Phi) is 4.89. The summed E-state index contributed by atoms with van der Waals surface area (Å²) in [5.74, 6) is -0.264. The number of carbonyl (C=O) groups excluding carboxylic acids is 2.